The Kier molecular flexibility index (Phi) is 4.42. The highest BCUT2D eigenvalue weighted by Crippen LogP contribution is 2.24. The standard InChI is InChI=1S/C17H22N6O/c1-10-5-7-14(8-6-10)13(4)20-21-16(24)15-19-17-18-11(2)9-12(3)23(17)22-15/h5,9,14H,6-8H2,1-4H3,(H,21,24)/b20-13+/t14-/m1/s1. The van der Waals surface area contributed by atoms with E-state index in [1.807, 2.05) is 26.8 Å². The Morgan fingerprint density at radius 2 is 2.12 bits per heavy atom. The van der Waals surface area contributed by atoms with E-state index in [4.69, 9.17) is 0 Å². The van der Waals surface area contributed by atoms with Crippen molar-refractivity contribution in [2.75, 3.05) is 0 Å². The van der Waals surface area contributed by atoms with Crippen molar-refractivity contribution in [2.24, 2.45) is 11.0 Å². The molecule has 0 radical (unpaired) electrons. The summed E-state index contributed by atoms with van der Waals surface area (Å²) in [4.78, 5) is 20.7. The number of nitrogens with one attached hydrogen (secondary N) is 1. The second kappa shape index (κ2) is 6.51. The first kappa shape index (κ1) is 16.3. The molecule has 1 aliphatic carbocycles. The molecule has 0 fully saturated rings. The highest BCUT2D eigenvalue weighted by Gasteiger charge is 2.17. The van der Waals surface area contributed by atoms with E-state index in [1.54, 1.807) is 4.52 Å². The highest BCUT2D eigenvalue weighted by molar-refractivity contribution is 5.92. The van der Waals surface area contributed by atoms with Crippen LogP contribution in [0.15, 0.2) is 22.8 Å². The molecule has 0 aliphatic heterocycles. The molecule has 7 nitrogen and oxygen atoms in total. The van der Waals surface area contributed by atoms with E-state index in [0.29, 0.717) is 11.7 Å². The molecule has 1 N–H and O–H groups in total. The Morgan fingerprint density at radius 1 is 1.33 bits per heavy atom. The van der Waals surface area contributed by atoms with Gasteiger partial charge in [-0.1, -0.05) is 11.6 Å². The van der Waals surface area contributed by atoms with Crippen molar-refractivity contribution in [3.8, 4) is 0 Å². The van der Waals surface area contributed by atoms with Crippen LogP contribution in [-0.2, 0) is 0 Å². The molecule has 2 heterocycles. The fraction of sp³-hybridized carbons (Fsp3) is 0.471. The fourth-order valence-electron chi connectivity index (χ4n) is 2.89. The highest BCUT2D eigenvalue weighted by atomic mass is 16.2. The van der Waals surface area contributed by atoms with Crippen molar-refractivity contribution < 1.29 is 4.79 Å². The number of nitrogens with zero attached hydrogens (tertiary/aromatic N) is 5. The molecule has 3 rings (SSSR count). The van der Waals surface area contributed by atoms with Gasteiger partial charge in [-0.15, -0.1) is 5.10 Å². The van der Waals surface area contributed by atoms with Gasteiger partial charge in [-0.05, 0) is 53.0 Å². The predicted molar refractivity (Wildman–Crippen MR) is 91.9 cm³/mol. The third-order valence-electron chi connectivity index (χ3n) is 4.38. The maximum absolute atomic E-state index is 12.3. The van der Waals surface area contributed by atoms with Gasteiger partial charge in [0.05, 0.1) is 0 Å². The Balaban J connectivity index is 1.73. The molecule has 0 bridgehead atoms. The first-order valence-corrected chi connectivity index (χ1v) is 8.15. The van der Waals surface area contributed by atoms with Crippen LogP contribution in [0, 0.1) is 19.8 Å². The zero-order chi connectivity index (χ0) is 17.3. The summed E-state index contributed by atoms with van der Waals surface area (Å²) >= 11 is 0. The SMILES string of the molecule is CC1=CC[C@@H](/C(C)=N/NC(=O)c2nc3nc(C)cc(C)n3n2)CC1. The minimum atomic E-state index is -0.417. The second-order valence-corrected chi connectivity index (χ2v) is 6.40. The van der Waals surface area contributed by atoms with Crippen molar-refractivity contribution in [1.82, 2.24) is 25.0 Å². The van der Waals surface area contributed by atoms with Crippen LogP contribution in [0.25, 0.3) is 5.78 Å². The number of carbonyl (C=O) groups excluding carboxylic acids is 1. The number of fused-ring (bicyclic) bond motifs is 1. The molecule has 1 atom stereocenters. The van der Waals surface area contributed by atoms with E-state index in [1.165, 1.54) is 5.57 Å². The summed E-state index contributed by atoms with van der Waals surface area (Å²) in [5.74, 6) is 0.465. The van der Waals surface area contributed by atoms with Gasteiger partial charge in [0.2, 0.25) is 5.82 Å². The molecule has 1 amide bonds. The van der Waals surface area contributed by atoms with Gasteiger partial charge in [0, 0.05) is 23.0 Å². The van der Waals surface area contributed by atoms with Crippen molar-refractivity contribution in [3.63, 3.8) is 0 Å². The third kappa shape index (κ3) is 3.34. The molecule has 2 aromatic rings. The lowest BCUT2D eigenvalue weighted by molar-refractivity contribution is 0.0944. The first-order chi connectivity index (χ1) is 11.4. The number of amides is 1. The summed E-state index contributed by atoms with van der Waals surface area (Å²) in [6.07, 6.45) is 5.38. The molecule has 0 unspecified atom stereocenters. The Hall–Kier alpha value is -2.57. The lowest BCUT2D eigenvalue weighted by Crippen LogP contribution is -2.23. The molecule has 0 aromatic carbocycles. The number of hydrazone groups is 1. The van der Waals surface area contributed by atoms with Crippen molar-refractivity contribution in [1.29, 1.82) is 0 Å². The lowest BCUT2D eigenvalue weighted by atomic mass is 9.87. The first-order valence-electron chi connectivity index (χ1n) is 8.15. The topological polar surface area (TPSA) is 84.5 Å². The van der Waals surface area contributed by atoms with Gasteiger partial charge in [0.1, 0.15) is 0 Å². The van der Waals surface area contributed by atoms with Crippen molar-refractivity contribution in [2.45, 2.75) is 47.0 Å². The number of hydrogen-bond acceptors (Lipinski definition) is 5. The Bertz CT molecular complexity index is 848. The molecule has 24 heavy (non-hydrogen) atoms. The van der Waals surface area contributed by atoms with Crippen LogP contribution in [0.4, 0.5) is 0 Å². The average Bonchev–Trinajstić information content (AvgIpc) is 2.97. The van der Waals surface area contributed by atoms with E-state index in [0.717, 1.165) is 36.4 Å². The lowest BCUT2D eigenvalue weighted by Gasteiger charge is -2.19. The number of hydrogen-bond donors (Lipinski definition) is 1. The van der Waals surface area contributed by atoms with Crippen LogP contribution < -0.4 is 5.43 Å². The molecule has 0 spiro atoms. The zero-order valence-corrected chi connectivity index (χ0v) is 14.5. The normalized spacial score (nSPS) is 18.6. The molecular weight excluding hydrogens is 304 g/mol. The largest absolute Gasteiger partial charge is 0.311 e. The molecule has 2 aromatic heterocycles. The third-order valence-corrected chi connectivity index (χ3v) is 4.38. The van der Waals surface area contributed by atoms with E-state index in [9.17, 15) is 4.79 Å². The van der Waals surface area contributed by atoms with Gasteiger partial charge in [0.15, 0.2) is 0 Å². The van der Waals surface area contributed by atoms with Gasteiger partial charge in [0.25, 0.3) is 5.78 Å². The van der Waals surface area contributed by atoms with Crippen molar-refractivity contribution >= 4 is 17.4 Å². The van der Waals surface area contributed by atoms with Crippen LogP contribution in [0.5, 0.6) is 0 Å². The Morgan fingerprint density at radius 3 is 2.83 bits per heavy atom. The average molecular weight is 326 g/mol. The van der Waals surface area contributed by atoms with Gasteiger partial charge in [-0.25, -0.2) is 14.9 Å². The van der Waals surface area contributed by atoms with Gasteiger partial charge in [-0.3, -0.25) is 4.79 Å². The fourth-order valence-corrected chi connectivity index (χ4v) is 2.89. The molecule has 0 saturated heterocycles. The van der Waals surface area contributed by atoms with E-state index < -0.39 is 5.91 Å². The summed E-state index contributed by atoms with van der Waals surface area (Å²) in [6.45, 7) is 7.89. The van der Waals surface area contributed by atoms with Gasteiger partial charge in [-0.2, -0.15) is 10.1 Å². The maximum Gasteiger partial charge on any atom is 0.311 e. The monoisotopic (exact) mass is 326 g/mol. The van der Waals surface area contributed by atoms with Crippen molar-refractivity contribution in [3.05, 3.63) is 34.9 Å². The maximum atomic E-state index is 12.3. The van der Waals surface area contributed by atoms with Crippen LogP contribution >= 0.6 is 0 Å². The Labute approximate surface area is 140 Å². The number of carbonyl (C=O) groups is 1. The number of allylic oxidation sites excluding steroid dienone is 2. The quantitative estimate of drug-likeness (QED) is 0.534. The molecular formula is C17H22N6O. The zero-order valence-electron chi connectivity index (χ0n) is 14.5. The summed E-state index contributed by atoms with van der Waals surface area (Å²) in [5.41, 5.74) is 6.65. The molecule has 1 aliphatic rings. The predicted octanol–water partition coefficient (Wildman–Crippen LogP) is 2.59. The van der Waals surface area contributed by atoms with E-state index in [-0.39, 0.29) is 5.82 Å². The van der Waals surface area contributed by atoms with Gasteiger partial charge < -0.3 is 0 Å². The van der Waals surface area contributed by atoms with E-state index >= 15 is 0 Å². The number of rotatable bonds is 3. The van der Waals surface area contributed by atoms with E-state index in [2.05, 4.69) is 38.6 Å². The van der Waals surface area contributed by atoms with Crippen LogP contribution in [0.1, 0.15) is 55.1 Å². The molecule has 126 valence electrons. The minimum Gasteiger partial charge on any atom is -0.264 e. The summed E-state index contributed by atoms with van der Waals surface area (Å²) in [5, 5.41) is 8.44. The summed E-state index contributed by atoms with van der Waals surface area (Å²) in [6, 6.07) is 1.89. The van der Waals surface area contributed by atoms with Crippen LogP contribution in [0.3, 0.4) is 0 Å². The molecule has 7 heteroatoms. The van der Waals surface area contributed by atoms with Crippen LogP contribution in [0.2, 0.25) is 0 Å². The smallest absolute Gasteiger partial charge is 0.264 e. The number of aryl methyl sites for hydroxylation is 2. The van der Waals surface area contributed by atoms with Crippen LogP contribution in [-0.4, -0.2) is 31.2 Å². The second-order valence-electron chi connectivity index (χ2n) is 6.40. The molecule has 0 saturated carbocycles. The summed E-state index contributed by atoms with van der Waals surface area (Å²) in [7, 11) is 0. The van der Waals surface area contributed by atoms with Gasteiger partial charge >= 0.3 is 5.91 Å². The number of aromatic nitrogens is 4. The summed E-state index contributed by atoms with van der Waals surface area (Å²) < 4.78 is 1.56. The minimum absolute atomic E-state index is 0.0761.